The molecule has 5 heteroatoms. The van der Waals surface area contributed by atoms with Gasteiger partial charge in [0.05, 0.1) is 13.7 Å². The molecule has 5 nitrogen and oxygen atoms in total. The fourth-order valence-electron chi connectivity index (χ4n) is 2.17. The van der Waals surface area contributed by atoms with Crippen molar-refractivity contribution in [2.75, 3.05) is 33.4 Å². The molecule has 0 aromatic rings. The van der Waals surface area contributed by atoms with Crippen LogP contribution in [0.3, 0.4) is 0 Å². The highest BCUT2D eigenvalue weighted by molar-refractivity contribution is 5.80. The number of methoxy groups -OCH3 is 1. The zero-order valence-electron chi connectivity index (χ0n) is 8.21. The summed E-state index contributed by atoms with van der Waals surface area (Å²) in [5, 5.41) is 13.3. The van der Waals surface area contributed by atoms with E-state index >= 15 is 0 Å². The van der Waals surface area contributed by atoms with Crippen LogP contribution >= 0.6 is 0 Å². The van der Waals surface area contributed by atoms with Crippen LogP contribution in [-0.2, 0) is 14.3 Å². The molecule has 1 atom stereocenters. The van der Waals surface area contributed by atoms with E-state index in [2.05, 4.69) is 5.32 Å². The van der Waals surface area contributed by atoms with Crippen LogP contribution in [0.5, 0.6) is 0 Å². The Kier molecular flexibility index (Phi) is 2.25. The molecule has 2 rings (SSSR count). The van der Waals surface area contributed by atoms with Gasteiger partial charge in [-0.25, -0.2) is 0 Å². The van der Waals surface area contributed by atoms with Gasteiger partial charge in [-0.2, -0.15) is 0 Å². The van der Waals surface area contributed by atoms with Gasteiger partial charge in [-0.15, -0.1) is 0 Å². The Balaban J connectivity index is 2.23. The van der Waals surface area contributed by atoms with Crippen molar-refractivity contribution in [1.29, 1.82) is 0 Å². The molecule has 2 fully saturated rings. The summed E-state index contributed by atoms with van der Waals surface area (Å²) in [6.07, 6.45) is 0.504. The third-order valence-corrected chi connectivity index (χ3v) is 3.32. The third-order valence-electron chi connectivity index (χ3n) is 3.32. The smallest absolute Gasteiger partial charge is 0.317 e. The number of nitrogens with one attached hydrogen (secondary N) is 1. The number of hydrogen-bond donors (Lipinski definition) is 2. The van der Waals surface area contributed by atoms with Crippen LogP contribution in [0.4, 0.5) is 0 Å². The molecular formula is C9H15NO4. The van der Waals surface area contributed by atoms with E-state index in [-0.39, 0.29) is 12.6 Å². The Hall–Kier alpha value is -0.650. The Labute approximate surface area is 82.4 Å². The molecule has 2 heterocycles. The van der Waals surface area contributed by atoms with Gasteiger partial charge in [-0.3, -0.25) is 4.79 Å². The first kappa shape index (κ1) is 9.89. The van der Waals surface area contributed by atoms with Gasteiger partial charge in [-0.05, 0) is 0 Å². The summed E-state index contributed by atoms with van der Waals surface area (Å²) < 4.78 is 9.89. The van der Waals surface area contributed by atoms with Gasteiger partial charge in [-0.1, -0.05) is 0 Å². The van der Waals surface area contributed by atoms with E-state index < -0.39 is 11.0 Å². The molecule has 2 saturated heterocycles. The molecule has 2 aliphatic heterocycles. The average molecular weight is 201 g/mol. The molecule has 2 aliphatic rings. The Morgan fingerprint density at radius 3 is 2.64 bits per heavy atom. The molecule has 0 aromatic carbocycles. The number of ether oxygens (including phenoxy) is 2. The lowest BCUT2D eigenvalue weighted by Crippen LogP contribution is -2.70. The molecule has 0 aliphatic carbocycles. The van der Waals surface area contributed by atoms with Crippen molar-refractivity contribution in [2.45, 2.75) is 12.0 Å². The monoisotopic (exact) mass is 201 g/mol. The van der Waals surface area contributed by atoms with Crippen LogP contribution in [0.2, 0.25) is 0 Å². The van der Waals surface area contributed by atoms with Crippen molar-refractivity contribution in [3.63, 3.8) is 0 Å². The van der Waals surface area contributed by atoms with Crippen LogP contribution in [0.1, 0.15) is 6.42 Å². The maximum Gasteiger partial charge on any atom is 0.317 e. The van der Waals surface area contributed by atoms with Gasteiger partial charge in [0.2, 0.25) is 0 Å². The zero-order valence-corrected chi connectivity index (χ0v) is 8.21. The van der Waals surface area contributed by atoms with E-state index in [1.807, 2.05) is 0 Å². The average Bonchev–Trinajstić information content (AvgIpc) is 2.50. The molecule has 0 amide bonds. The molecule has 1 unspecified atom stereocenters. The summed E-state index contributed by atoms with van der Waals surface area (Å²) in [7, 11) is 1.35. The summed E-state index contributed by atoms with van der Waals surface area (Å²) in [4.78, 5) is 11.6. The van der Waals surface area contributed by atoms with Crippen molar-refractivity contribution in [3.8, 4) is 0 Å². The van der Waals surface area contributed by atoms with Crippen molar-refractivity contribution in [1.82, 2.24) is 5.32 Å². The quantitative estimate of drug-likeness (QED) is 0.555. The van der Waals surface area contributed by atoms with Gasteiger partial charge in [0.15, 0.2) is 0 Å². The van der Waals surface area contributed by atoms with Crippen LogP contribution in [-0.4, -0.2) is 50.1 Å². The van der Waals surface area contributed by atoms with Crippen LogP contribution < -0.4 is 5.32 Å². The molecule has 0 radical (unpaired) electrons. The molecule has 0 bridgehead atoms. The first-order valence-electron chi connectivity index (χ1n) is 4.74. The van der Waals surface area contributed by atoms with E-state index in [0.717, 1.165) is 0 Å². The molecule has 14 heavy (non-hydrogen) atoms. The van der Waals surface area contributed by atoms with E-state index in [9.17, 15) is 9.90 Å². The maximum atomic E-state index is 11.6. The van der Waals surface area contributed by atoms with Crippen molar-refractivity contribution >= 4 is 5.97 Å². The lowest BCUT2D eigenvalue weighted by Gasteiger charge is -2.48. The normalized spacial score (nSPS) is 35.0. The lowest BCUT2D eigenvalue weighted by atomic mass is 9.67. The highest BCUT2D eigenvalue weighted by Gasteiger charge is 2.61. The number of carbonyl (C=O) groups excluding carboxylic acids is 1. The SMILES string of the molecule is COC(=O)C1(C2(O)CCOC2)CNC1. The first-order chi connectivity index (χ1) is 6.65. The number of aliphatic hydroxyl groups is 1. The van der Waals surface area contributed by atoms with Gasteiger partial charge in [0.1, 0.15) is 11.0 Å². The number of carbonyl (C=O) groups is 1. The first-order valence-corrected chi connectivity index (χ1v) is 4.74. The molecule has 0 saturated carbocycles. The van der Waals surface area contributed by atoms with Gasteiger partial charge < -0.3 is 19.9 Å². The minimum Gasteiger partial charge on any atom is -0.468 e. The largest absolute Gasteiger partial charge is 0.468 e. The Bertz CT molecular complexity index is 243. The summed E-state index contributed by atoms with van der Waals surface area (Å²) in [6.45, 7) is 1.68. The fourth-order valence-corrected chi connectivity index (χ4v) is 2.17. The number of hydrogen-bond acceptors (Lipinski definition) is 5. The highest BCUT2D eigenvalue weighted by Crippen LogP contribution is 2.41. The van der Waals surface area contributed by atoms with Crippen LogP contribution in [0, 0.1) is 5.41 Å². The van der Waals surface area contributed by atoms with E-state index in [1.165, 1.54) is 7.11 Å². The second-order valence-electron chi connectivity index (χ2n) is 4.01. The van der Waals surface area contributed by atoms with Crippen molar-refractivity contribution < 1.29 is 19.4 Å². The topological polar surface area (TPSA) is 67.8 Å². The second-order valence-corrected chi connectivity index (χ2v) is 4.01. The molecule has 0 aromatic heterocycles. The molecule has 2 N–H and O–H groups in total. The van der Waals surface area contributed by atoms with Gasteiger partial charge in [0, 0.05) is 26.1 Å². The van der Waals surface area contributed by atoms with E-state index in [4.69, 9.17) is 9.47 Å². The Morgan fingerprint density at radius 2 is 2.29 bits per heavy atom. The fraction of sp³-hybridized carbons (Fsp3) is 0.889. The summed E-state index contributed by atoms with van der Waals surface area (Å²) in [5.41, 5.74) is -1.84. The maximum absolute atomic E-state index is 11.6. The van der Waals surface area contributed by atoms with Crippen LogP contribution in [0.15, 0.2) is 0 Å². The standard InChI is InChI=1S/C9H15NO4/c1-13-7(11)8(4-10-5-8)9(12)2-3-14-6-9/h10,12H,2-6H2,1H3. The predicted molar refractivity (Wildman–Crippen MR) is 47.7 cm³/mol. The second kappa shape index (κ2) is 3.18. The number of rotatable bonds is 2. The van der Waals surface area contributed by atoms with Crippen molar-refractivity contribution in [2.24, 2.45) is 5.41 Å². The van der Waals surface area contributed by atoms with Gasteiger partial charge >= 0.3 is 5.97 Å². The molecular weight excluding hydrogens is 186 g/mol. The third kappa shape index (κ3) is 1.09. The minimum absolute atomic E-state index is 0.226. The summed E-state index contributed by atoms with van der Waals surface area (Å²) >= 11 is 0. The Morgan fingerprint density at radius 1 is 1.57 bits per heavy atom. The van der Waals surface area contributed by atoms with E-state index in [0.29, 0.717) is 26.1 Å². The molecule has 80 valence electrons. The van der Waals surface area contributed by atoms with Crippen LogP contribution in [0.25, 0.3) is 0 Å². The summed E-state index contributed by atoms with van der Waals surface area (Å²) in [6, 6.07) is 0. The molecule has 0 spiro atoms. The number of esters is 1. The van der Waals surface area contributed by atoms with Gasteiger partial charge in [0.25, 0.3) is 0 Å². The van der Waals surface area contributed by atoms with Crippen molar-refractivity contribution in [3.05, 3.63) is 0 Å². The highest BCUT2D eigenvalue weighted by atomic mass is 16.5. The minimum atomic E-state index is -1.05. The summed E-state index contributed by atoms with van der Waals surface area (Å²) in [5.74, 6) is -0.343. The predicted octanol–water partition coefficient (Wildman–Crippen LogP) is -1.10. The van der Waals surface area contributed by atoms with E-state index in [1.54, 1.807) is 0 Å². The zero-order chi connectivity index (χ0) is 10.2. The lowest BCUT2D eigenvalue weighted by molar-refractivity contribution is -0.181.